The Morgan fingerprint density at radius 2 is 1.90 bits per heavy atom. The number of imide groups is 1. The molecule has 0 spiro atoms. The van der Waals surface area contributed by atoms with Crippen molar-refractivity contribution in [2.75, 3.05) is 12.3 Å². The number of benzene rings is 2. The maximum atomic E-state index is 12.8. The predicted molar refractivity (Wildman–Crippen MR) is 109 cm³/mol. The van der Waals surface area contributed by atoms with Crippen LogP contribution in [0.1, 0.15) is 39.9 Å². The zero-order valence-electron chi connectivity index (χ0n) is 16.1. The average Bonchev–Trinajstić information content (AvgIpc) is 3.04. The molecule has 0 aliphatic carbocycles. The normalized spacial score (nSPS) is 18.7. The van der Waals surface area contributed by atoms with Gasteiger partial charge in [0.2, 0.25) is 11.8 Å². The van der Waals surface area contributed by atoms with E-state index in [9.17, 15) is 14.4 Å². The molecule has 2 aromatic rings. The highest BCUT2D eigenvalue weighted by Crippen LogP contribution is 2.29. The van der Waals surface area contributed by atoms with Crippen LogP contribution in [0.5, 0.6) is 0 Å². The number of piperidine rings is 1. The zero-order valence-corrected chi connectivity index (χ0v) is 16.1. The molecule has 2 heterocycles. The molecule has 1 saturated heterocycles. The molecule has 2 aromatic carbocycles. The van der Waals surface area contributed by atoms with Crippen LogP contribution in [-0.2, 0) is 29.1 Å². The SMILES string of the molecule is Nc1ccc(CCNCc2cccc3c2CN(C2CCC(=O)NC2=O)C3=O)cc1. The van der Waals surface area contributed by atoms with Crippen molar-refractivity contribution < 1.29 is 14.4 Å². The fraction of sp³-hybridized carbons (Fsp3) is 0.318. The fourth-order valence-corrected chi connectivity index (χ4v) is 3.96. The van der Waals surface area contributed by atoms with E-state index >= 15 is 0 Å². The summed E-state index contributed by atoms with van der Waals surface area (Å²) in [6, 6.07) is 12.9. The van der Waals surface area contributed by atoms with Crippen LogP contribution < -0.4 is 16.4 Å². The molecule has 4 N–H and O–H groups in total. The maximum absolute atomic E-state index is 12.8. The van der Waals surface area contributed by atoms with Gasteiger partial charge in [0.15, 0.2) is 0 Å². The van der Waals surface area contributed by atoms with Gasteiger partial charge in [-0.05, 0) is 54.3 Å². The molecule has 1 atom stereocenters. The van der Waals surface area contributed by atoms with E-state index in [0.717, 1.165) is 29.8 Å². The van der Waals surface area contributed by atoms with E-state index in [1.54, 1.807) is 11.0 Å². The van der Waals surface area contributed by atoms with Gasteiger partial charge in [0, 0.05) is 30.8 Å². The van der Waals surface area contributed by atoms with Crippen LogP contribution in [0.4, 0.5) is 5.69 Å². The van der Waals surface area contributed by atoms with Crippen LogP contribution in [0.15, 0.2) is 42.5 Å². The van der Waals surface area contributed by atoms with E-state index in [4.69, 9.17) is 5.73 Å². The summed E-state index contributed by atoms with van der Waals surface area (Å²) in [5, 5.41) is 5.77. The molecule has 150 valence electrons. The van der Waals surface area contributed by atoms with Crippen molar-refractivity contribution in [3.05, 3.63) is 64.7 Å². The number of hydrogen-bond acceptors (Lipinski definition) is 5. The number of rotatable bonds is 6. The molecule has 7 nitrogen and oxygen atoms in total. The van der Waals surface area contributed by atoms with Crippen molar-refractivity contribution in [1.29, 1.82) is 0 Å². The van der Waals surface area contributed by atoms with Crippen molar-refractivity contribution in [1.82, 2.24) is 15.5 Å². The highest BCUT2D eigenvalue weighted by atomic mass is 16.2. The first-order valence-corrected chi connectivity index (χ1v) is 9.83. The Morgan fingerprint density at radius 1 is 1.10 bits per heavy atom. The molecule has 2 aliphatic heterocycles. The summed E-state index contributed by atoms with van der Waals surface area (Å²) >= 11 is 0. The van der Waals surface area contributed by atoms with E-state index in [2.05, 4.69) is 10.6 Å². The molecule has 0 radical (unpaired) electrons. The number of nitrogens with zero attached hydrogens (tertiary/aromatic N) is 1. The summed E-state index contributed by atoms with van der Waals surface area (Å²) in [4.78, 5) is 38.0. The zero-order chi connectivity index (χ0) is 20.4. The second-order valence-corrected chi connectivity index (χ2v) is 7.51. The van der Waals surface area contributed by atoms with Crippen molar-refractivity contribution in [2.24, 2.45) is 0 Å². The highest BCUT2D eigenvalue weighted by molar-refractivity contribution is 6.05. The number of amides is 3. The molecule has 1 unspecified atom stereocenters. The third-order valence-corrected chi connectivity index (χ3v) is 5.56. The van der Waals surface area contributed by atoms with Gasteiger partial charge < -0.3 is 16.0 Å². The van der Waals surface area contributed by atoms with Gasteiger partial charge in [-0.25, -0.2) is 0 Å². The summed E-state index contributed by atoms with van der Waals surface area (Å²) in [6.45, 7) is 1.85. The minimum atomic E-state index is -0.584. The Balaban J connectivity index is 1.39. The van der Waals surface area contributed by atoms with E-state index in [1.807, 2.05) is 36.4 Å². The van der Waals surface area contributed by atoms with Gasteiger partial charge in [0.05, 0.1) is 0 Å². The number of anilines is 1. The van der Waals surface area contributed by atoms with Gasteiger partial charge in [-0.3, -0.25) is 19.7 Å². The lowest BCUT2D eigenvalue weighted by molar-refractivity contribution is -0.136. The van der Waals surface area contributed by atoms with Gasteiger partial charge in [0.25, 0.3) is 5.91 Å². The number of carbonyl (C=O) groups is 3. The Labute approximate surface area is 169 Å². The number of nitrogen functional groups attached to an aromatic ring is 1. The first kappa shape index (κ1) is 19.1. The first-order valence-electron chi connectivity index (χ1n) is 9.83. The molecular formula is C22H24N4O3. The monoisotopic (exact) mass is 392 g/mol. The van der Waals surface area contributed by atoms with E-state index in [1.165, 1.54) is 5.56 Å². The van der Waals surface area contributed by atoms with E-state index < -0.39 is 6.04 Å². The van der Waals surface area contributed by atoms with Crippen LogP contribution in [-0.4, -0.2) is 35.2 Å². The minimum Gasteiger partial charge on any atom is -0.399 e. The highest BCUT2D eigenvalue weighted by Gasteiger charge is 2.39. The number of hydrogen-bond donors (Lipinski definition) is 3. The Kier molecular flexibility index (Phi) is 5.31. The predicted octanol–water partition coefficient (Wildman–Crippen LogP) is 1.36. The Morgan fingerprint density at radius 3 is 2.66 bits per heavy atom. The van der Waals surface area contributed by atoms with Crippen LogP contribution in [0.2, 0.25) is 0 Å². The number of nitrogens with two attached hydrogens (primary N) is 1. The standard InChI is InChI=1S/C22H24N4O3/c23-16-6-4-14(5-7-16)10-11-24-12-15-2-1-3-17-18(15)13-26(22(17)29)19-8-9-20(27)25-21(19)28/h1-7,19,24H,8-13,23H2,(H,25,27,28). The van der Waals surface area contributed by atoms with Crippen LogP contribution >= 0.6 is 0 Å². The average molecular weight is 392 g/mol. The minimum absolute atomic E-state index is 0.141. The van der Waals surface area contributed by atoms with Crippen LogP contribution in [0.25, 0.3) is 0 Å². The lowest BCUT2D eigenvalue weighted by Gasteiger charge is -2.29. The van der Waals surface area contributed by atoms with E-state index in [-0.39, 0.29) is 24.1 Å². The second kappa shape index (κ2) is 8.05. The van der Waals surface area contributed by atoms with Gasteiger partial charge in [-0.1, -0.05) is 24.3 Å². The third kappa shape index (κ3) is 4.00. The van der Waals surface area contributed by atoms with Gasteiger partial charge in [-0.15, -0.1) is 0 Å². The van der Waals surface area contributed by atoms with Gasteiger partial charge in [-0.2, -0.15) is 0 Å². The smallest absolute Gasteiger partial charge is 0.255 e. The molecular weight excluding hydrogens is 368 g/mol. The van der Waals surface area contributed by atoms with Crippen LogP contribution in [0.3, 0.4) is 0 Å². The first-order chi connectivity index (χ1) is 14.0. The molecule has 4 rings (SSSR count). The van der Waals surface area contributed by atoms with Gasteiger partial charge in [0.1, 0.15) is 6.04 Å². The number of nitrogens with one attached hydrogen (secondary N) is 2. The Bertz CT molecular complexity index is 955. The van der Waals surface area contributed by atoms with Crippen molar-refractivity contribution >= 4 is 23.4 Å². The summed E-state index contributed by atoms with van der Waals surface area (Å²) in [5.74, 6) is -0.801. The summed E-state index contributed by atoms with van der Waals surface area (Å²) < 4.78 is 0. The number of fused-ring (bicyclic) bond motifs is 1. The summed E-state index contributed by atoms with van der Waals surface area (Å²) in [6.07, 6.45) is 1.52. The summed E-state index contributed by atoms with van der Waals surface area (Å²) in [7, 11) is 0. The molecule has 0 aromatic heterocycles. The molecule has 29 heavy (non-hydrogen) atoms. The lowest BCUT2D eigenvalue weighted by atomic mass is 10.0. The van der Waals surface area contributed by atoms with Crippen molar-refractivity contribution in [2.45, 2.75) is 38.4 Å². The van der Waals surface area contributed by atoms with Crippen molar-refractivity contribution in [3.8, 4) is 0 Å². The van der Waals surface area contributed by atoms with E-state index in [0.29, 0.717) is 25.1 Å². The largest absolute Gasteiger partial charge is 0.399 e. The lowest BCUT2D eigenvalue weighted by Crippen LogP contribution is -2.52. The number of carbonyl (C=O) groups excluding carboxylic acids is 3. The third-order valence-electron chi connectivity index (χ3n) is 5.56. The van der Waals surface area contributed by atoms with Gasteiger partial charge >= 0.3 is 0 Å². The topological polar surface area (TPSA) is 105 Å². The molecule has 0 bridgehead atoms. The molecule has 0 saturated carbocycles. The molecule has 3 amide bonds. The molecule has 7 heteroatoms. The molecule has 2 aliphatic rings. The summed E-state index contributed by atoms with van der Waals surface area (Å²) in [5.41, 5.74) is 10.3. The quantitative estimate of drug-likeness (QED) is 0.391. The molecule has 1 fully saturated rings. The van der Waals surface area contributed by atoms with Crippen LogP contribution in [0, 0.1) is 0 Å². The fourth-order valence-electron chi connectivity index (χ4n) is 3.96. The van der Waals surface area contributed by atoms with Crippen molar-refractivity contribution in [3.63, 3.8) is 0 Å². The maximum Gasteiger partial charge on any atom is 0.255 e. The second-order valence-electron chi connectivity index (χ2n) is 7.51. The Hall–Kier alpha value is -3.19.